The Morgan fingerprint density at radius 2 is 2.05 bits per heavy atom. The molecular weight excluding hydrogens is 270 g/mol. The fourth-order valence-corrected chi connectivity index (χ4v) is 4.59. The van der Waals surface area contributed by atoms with Crippen LogP contribution in [0, 0.1) is 0 Å². The van der Waals surface area contributed by atoms with Crippen molar-refractivity contribution in [3.63, 3.8) is 0 Å². The summed E-state index contributed by atoms with van der Waals surface area (Å²) in [5.41, 5.74) is 1.74. The maximum absolute atomic E-state index is 8.77. The van der Waals surface area contributed by atoms with Crippen LogP contribution in [0.15, 0.2) is 35.5 Å². The van der Waals surface area contributed by atoms with E-state index in [9.17, 15) is 0 Å². The summed E-state index contributed by atoms with van der Waals surface area (Å²) < 4.78 is 8.77. The van der Waals surface area contributed by atoms with Crippen molar-refractivity contribution >= 4 is 25.5 Å². The van der Waals surface area contributed by atoms with Crippen LogP contribution in [-0.2, 0) is 4.84 Å². The van der Waals surface area contributed by atoms with Gasteiger partial charge in [0.15, 0.2) is 0 Å². The summed E-state index contributed by atoms with van der Waals surface area (Å²) >= 11 is 1.55. The van der Waals surface area contributed by atoms with Gasteiger partial charge < -0.3 is 4.84 Å². The number of hydrogen-bond acceptors (Lipinski definition) is 3. The Labute approximate surface area is 123 Å². The van der Waals surface area contributed by atoms with Crippen LogP contribution in [0.25, 0.3) is 0 Å². The van der Waals surface area contributed by atoms with Gasteiger partial charge in [-0.15, -0.1) is 0 Å². The summed E-state index contributed by atoms with van der Waals surface area (Å²) in [7, 11) is -1.21. The van der Waals surface area contributed by atoms with Crippen molar-refractivity contribution in [2.45, 2.75) is 43.4 Å². The molecule has 0 fully saturated rings. The lowest BCUT2D eigenvalue weighted by atomic mass is 10.0. The standard InChI is InChI=1S/C15H23NOSSi/c1-18-14-10-13(11-19(2,3)4)17-16-15(14)12-8-6-5-7-9-12/h5-9,13-14H,10-11H2,1-4H3/t13-,14+/m1/s1/i14D. The van der Waals surface area contributed by atoms with Crippen LogP contribution in [0.5, 0.6) is 0 Å². The van der Waals surface area contributed by atoms with Gasteiger partial charge in [-0.1, -0.05) is 55.1 Å². The Hall–Kier alpha value is -0.743. The normalized spacial score (nSPS) is 28.3. The lowest BCUT2D eigenvalue weighted by Crippen LogP contribution is -2.35. The van der Waals surface area contributed by atoms with Gasteiger partial charge in [0.05, 0.1) is 5.23 Å². The number of benzene rings is 1. The van der Waals surface area contributed by atoms with Crippen molar-refractivity contribution in [2.75, 3.05) is 6.26 Å². The fourth-order valence-electron chi connectivity index (χ4n) is 2.30. The highest BCUT2D eigenvalue weighted by Crippen LogP contribution is 2.29. The number of nitrogens with zero attached hydrogens (tertiary/aromatic N) is 1. The number of oxime groups is 1. The van der Waals surface area contributed by atoms with Gasteiger partial charge in [0, 0.05) is 21.4 Å². The summed E-state index contributed by atoms with van der Waals surface area (Å²) in [4.78, 5) is 5.71. The monoisotopic (exact) mass is 294 g/mol. The zero-order chi connectivity index (χ0) is 14.8. The third-order valence-corrected chi connectivity index (χ3v) is 5.64. The van der Waals surface area contributed by atoms with E-state index in [1.807, 2.05) is 36.6 Å². The molecule has 1 aromatic rings. The van der Waals surface area contributed by atoms with Crippen molar-refractivity contribution in [1.82, 2.24) is 0 Å². The average Bonchev–Trinajstić information content (AvgIpc) is 2.38. The topological polar surface area (TPSA) is 21.6 Å². The fraction of sp³-hybridized carbons (Fsp3) is 0.533. The van der Waals surface area contributed by atoms with Gasteiger partial charge >= 0.3 is 0 Å². The van der Waals surface area contributed by atoms with E-state index in [4.69, 9.17) is 6.21 Å². The molecule has 2 nitrogen and oxygen atoms in total. The molecule has 2 rings (SSSR count). The van der Waals surface area contributed by atoms with Gasteiger partial charge in [-0.3, -0.25) is 0 Å². The van der Waals surface area contributed by atoms with E-state index < -0.39 is 13.3 Å². The van der Waals surface area contributed by atoms with Crippen molar-refractivity contribution in [2.24, 2.45) is 5.16 Å². The molecule has 0 aromatic heterocycles. The Morgan fingerprint density at radius 1 is 1.37 bits per heavy atom. The molecule has 4 heteroatoms. The lowest BCUT2D eigenvalue weighted by Gasteiger charge is -2.30. The van der Waals surface area contributed by atoms with Gasteiger partial charge in [0.2, 0.25) is 0 Å². The first-order valence-corrected chi connectivity index (χ1v) is 11.6. The van der Waals surface area contributed by atoms with Gasteiger partial charge in [-0.05, 0) is 12.3 Å². The third-order valence-electron chi connectivity index (χ3n) is 3.10. The first kappa shape index (κ1) is 13.2. The van der Waals surface area contributed by atoms with Gasteiger partial charge in [0.25, 0.3) is 0 Å². The zero-order valence-corrected chi connectivity index (χ0v) is 14.0. The molecule has 104 valence electrons. The van der Waals surface area contributed by atoms with Crippen LogP contribution in [0.3, 0.4) is 0 Å². The van der Waals surface area contributed by atoms with Crippen LogP contribution in [-0.4, -0.2) is 31.4 Å². The molecular formula is C15H23NOSSi. The second kappa shape index (κ2) is 6.14. The molecule has 19 heavy (non-hydrogen) atoms. The van der Waals surface area contributed by atoms with E-state index in [2.05, 4.69) is 24.8 Å². The average molecular weight is 295 g/mol. The Kier molecular flexibility index (Phi) is 4.28. The molecule has 1 aromatic carbocycles. The molecule has 0 spiro atoms. The van der Waals surface area contributed by atoms with Crippen LogP contribution in [0.1, 0.15) is 13.4 Å². The maximum atomic E-state index is 8.77. The summed E-state index contributed by atoms with van der Waals surface area (Å²) in [6.45, 7) is 6.99. The predicted octanol–water partition coefficient (Wildman–Crippen LogP) is 4.25. The molecule has 2 atom stereocenters. The summed E-state index contributed by atoms with van der Waals surface area (Å²) in [6.07, 6.45) is 2.79. The zero-order valence-electron chi connectivity index (χ0n) is 13.1. The van der Waals surface area contributed by atoms with Crippen molar-refractivity contribution in [3.8, 4) is 0 Å². The first-order chi connectivity index (χ1) is 9.34. The minimum atomic E-state index is -1.21. The molecule has 0 bridgehead atoms. The minimum Gasteiger partial charge on any atom is -0.392 e. The Morgan fingerprint density at radius 3 is 2.63 bits per heavy atom. The van der Waals surface area contributed by atoms with Crippen LogP contribution in [0.4, 0.5) is 0 Å². The number of thioether (sulfide) groups is 1. The summed E-state index contributed by atoms with van der Waals surface area (Å²) in [5, 5.41) is 3.62. The Bertz CT molecular complexity index is 488. The smallest absolute Gasteiger partial charge is 0.126 e. The molecule has 0 amide bonds. The highest BCUT2D eigenvalue weighted by atomic mass is 32.2. The highest BCUT2D eigenvalue weighted by Gasteiger charge is 2.31. The van der Waals surface area contributed by atoms with Crippen LogP contribution < -0.4 is 0 Å². The minimum absolute atomic E-state index is 0.0825. The molecule has 0 saturated carbocycles. The number of hydrogen-bond donors (Lipinski definition) is 0. The van der Waals surface area contributed by atoms with Gasteiger partial charge in [-0.2, -0.15) is 11.8 Å². The van der Waals surface area contributed by atoms with E-state index in [1.54, 1.807) is 11.8 Å². The molecule has 1 aliphatic heterocycles. The molecule has 0 aliphatic carbocycles. The Balaban J connectivity index is 2.25. The van der Waals surface area contributed by atoms with E-state index in [0.717, 1.165) is 17.3 Å². The molecule has 0 radical (unpaired) electrons. The van der Waals surface area contributed by atoms with Crippen LogP contribution >= 0.6 is 11.8 Å². The van der Waals surface area contributed by atoms with E-state index in [0.29, 0.717) is 6.42 Å². The highest BCUT2D eigenvalue weighted by molar-refractivity contribution is 8.00. The second-order valence-corrected chi connectivity index (χ2v) is 12.6. The molecule has 0 saturated heterocycles. The summed E-state index contributed by atoms with van der Waals surface area (Å²) in [5.74, 6) is 0. The lowest BCUT2D eigenvalue weighted by molar-refractivity contribution is 0.0578. The predicted molar refractivity (Wildman–Crippen MR) is 87.9 cm³/mol. The third kappa shape index (κ3) is 4.11. The molecule has 1 heterocycles. The van der Waals surface area contributed by atoms with E-state index in [1.165, 1.54) is 0 Å². The second-order valence-electron chi connectivity index (χ2n) is 6.13. The van der Waals surface area contributed by atoms with E-state index >= 15 is 0 Å². The molecule has 0 N–H and O–H groups in total. The molecule has 1 aliphatic rings. The maximum Gasteiger partial charge on any atom is 0.126 e. The van der Waals surface area contributed by atoms with Crippen LogP contribution in [0.2, 0.25) is 25.7 Å². The SMILES string of the molecule is [2H][C@]1(SC)C[C@H](C[Si](C)(C)C)ON=C1c1ccccc1. The largest absolute Gasteiger partial charge is 0.392 e. The van der Waals surface area contributed by atoms with Gasteiger partial charge in [0.1, 0.15) is 11.8 Å². The van der Waals surface area contributed by atoms with Crippen molar-refractivity contribution in [1.29, 1.82) is 0 Å². The van der Waals surface area contributed by atoms with E-state index in [-0.39, 0.29) is 6.10 Å². The van der Waals surface area contributed by atoms with Crippen molar-refractivity contribution < 1.29 is 6.21 Å². The molecule has 0 unspecified atom stereocenters. The number of rotatable bonds is 4. The van der Waals surface area contributed by atoms with Crippen molar-refractivity contribution in [3.05, 3.63) is 35.9 Å². The quantitative estimate of drug-likeness (QED) is 0.774. The van der Waals surface area contributed by atoms with Gasteiger partial charge in [-0.25, -0.2) is 0 Å². The summed E-state index contributed by atoms with van der Waals surface area (Å²) in [6, 6.07) is 11.0. The first-order valence-electron chi connectivity index (χ1n) is 7.19.